The van der Waals surface area contributed by atoms with Crippen molar-refractivity contribution in [2.24, 2.45) is 0 Å². The van der Waals surface area contributed by atoms with Crippen molar-refractivity contribution >= 4 is 5.91 Å². The summed E-state index contributed by atoms with van der Waals surface area (Å²) in [5, 5.41) is 1.36. The van der Waals surface area contributed by atoms with Crippen LogP contribution in [-0.2, 0) is 9.57 Å². The van der Waals surface area contributed by atoms with Gasteiger partial charge in [-0.3, -0.25) is 9.63 Å². The molecule has 4 nitrogen and oxygen atoms in total. The van der Waals surface area contributed by atoms with E-state index in [4.69, 9.17) is 9.57 Å². The fraction of sp³-hybridized carbons (Fsp3) is 0.417. The summed E-state index contributed by atoms with van der Waals surface area (Å²) in [6.45, 7) is 1.26. The molecule has 2 aliphatic rings. The Balaban J connectivity index is 1.99. The number of benzene rings is 1. The van der Waals surface area contributed by atoms with E-state index in [0.29, 0.717) is 18.8 Å². The zero-order valence-corrected chi connectivity index (χ0v) is 8.89. The van der Waals surface area contributed by atoms with E-state index in [-0.39, 0.29) is 12.1 Å². The van der Waals surface area contributed by atoms with Crippen LogP contribution in [0, 0.1) is 0 Å². The summed E-state index contributed by atoms with van der Waals surface area (Å²) >= 11 is 0. The molecule has 84 valence electrons. The van der Waals surface area contributed by atoms with Crippen LogP contribution in [-0.4, -0.2) is 24.2 Å². The van der Waals surface area contributed by atoms with Gasteiger partial charge in [-0.05, 0) is 18.9 Å². The van der Waals surface area contributed by atoms with Crippen molar-refractivity contribution in [3.05, 3.63) is 35.4 Å². The lowest BCUT2D eigenvalue weighted by molar-refractivity contribution is -0.227. The van der Waals surface area contributed by atoms with Gasteiger partial charge in [0.1, 0.15) is 0 Å². The number of carbonyl (C=O) groups is 1. The second kappa shape index (κ2) is 3.88. The lowest BCUT2D eigenvalue weighted by Gasteiger charge is -2.26. The first-order valence-corrected chi connectivity index (χ1v) is 5.55. The first-order valence-electron chi connectivity index (χ1n) is 5.55. The average Bonchev–Trinajstić information content (AvgIpc) is 2.52. The van der Waals surface area contributed by atoms with Crippen molar-refractivity contribution in [3.8, 4) is 0 Å². The van der Waals surface area contributed by atoms with Gasteiger partial charge in [0.15, 0.2) is 6.23 Å². The van der Waals surface area contributed by atoms with Crippen LogP contribution in [0.5, 0.6) is 0 Å². The molecule has 4 heteroatoms. The number of amides is 1. The smallest absolute Gasteiger partial charge is 0.280 e. The third-order valence-electron chi connectivity index (χ3n) is 2.92. The SMILES string of the molecule is O=C1c2ccccc2C2OCCCCON12. The molecule has 0 aliphatic carbocycles. The van der Waals surface area contributed by atoms with E-state index < -0.39 is 0 Å². The standard InChI is InChI=1S/C12H13NO3/c14-11-9-5-1-2-6-10(9)12-13(11)16-8-4-3-7-15-12/h1-2,5-6,12H,3-4,7-8H2. The first kappa shape index (κ1) is 9.81. The summed E-state index contributed by atoms with van der Waals surface area (Å²) in [7, 11) is 0. The molecule has 1 aromatic rings. The van der Waals surface area contributed by atoms with E-state index in [0.717, 1.165) is 18.4 Å². The normalized spacial score (nSPS) is 24.6. The van der Waals surface area contributed by atoms with Crippen LogP contribution in [0.4, 0.5) is 0 Å². The Kier molecular flexibility index (Phi) is 2.38. The number of nitrogens with zero attached hydrogens (tertiary/aromatic N) is 1. The highest BCUT2D eigenvalue weighted by molar-refractivity contribution is 5.98. The molecule has 1 amide bonds. The van der Waals surface area contributed by atoms with Gasteiger partial charge in [0.2, 0.25) is 0 Å². The van der Waals surface area contributed by atoms with Crippen LogP contribution >= 0.6 is 0 Å². The number of carbonyl (C=O) groups excluding carboxylic acids is 1. The molecule has 0 aromatic heterocycles. The fourth-order valence-electron chi connectivity index (χ4n) is 2.10. The Morgan fingerprint density at radius 3 is 2.94 bits per heavy atom. The Bertz CT molecular complexity index is 418. The van der Waals surface area contributed by atoms with Gasteiger partial charge in [-0.25, -0.2) is 0 Å². The monoisotopic (exact) mass is 219 g/mol. The fourth-order valence-corrected chi connectivity index (χ4v) is 2.10. The van der Waals surface area contributed by atoms with E-state index in [9.17, 15) is 4.79 Å². The highest BCUT2D eigenvalue weighted by Gasteiger charge is 2.38. The van der Waals surface area contributed by atoms with Crippen molar-refractivity contribution in [3.63, 3.8) is 0 Å². The molecule has 1 unspecified atom stereocenters. The van der Waals surface area contributed by atoms with Crippen molar-refractivity contribution in [1.29, 1.82) is 0 Å². The predicted octanol–water partition coefficient (Wildman–Crippen LogP) is 1.88. The van der Waals surface area contributed by atoms with Crippen LogP contribution in [0.15, 0.2) is 24.3 Å². The summed E-state index contributed by atoms with van der Waals surface area (Å²) in [6.07, 6.45) is 1.54. The molecule has 0 saturated carbocycles. The van der Waals surface area contributed by atoms with E-state index in [2.05, 4.69) is 0 Å². The lowest BCUT2D eigenvalue weighted by atomic mass is 10.1. The van der Waals surface area contributed by atoms with Crippen LogP contribution in [0.1, 0.15) is 35.0 Å². The van der Waals surface area contributed by atoms with E-state index >= 15 is 0 Å². The van der Waals surface area contributed by atoms with Crippen molar-refractivity contribution in [2.75, 3.05) is 13.2 Å². The molecule has 1 saturated heterocycles. The van der Waals surface area contributed by atoms with Gasteiger partial charge in [-0.1, -0.05) is 18.2 Å². The second-order valence-corrected chi connectivity index (χ2v) is 3.98. The second-order valence-electron chi connectivity index (χ2n) is 3.98. The van der Waals surface area contributed by atoms with Crippen molar-refractivity contribution in [2.45, 2.75) is 19.1 Å². The van der Waals surface area contributed by atoms with Gasteiger partial charge in [-0.2, -0.15) is 5.06 Å². The van der Waals surface area contributed by atoms with Crippen molar-refractivity contribution in [1.82, 2.24) is 5.06 Å². The third kappa shape index (κ3) is 1.42. The largest absolute Gasteiger partial charge is 0.352 e. The number of hydrogen-bond acceptors (Lipinski definition) is 3. The number of fused-ring (bicyclic) bond motifs is 3. The Morgan fingerprint density at radius 2 is 2.00 bits per heavy atom. The summed E-state index contributed by atoms with van der Waals surface area (Å²) < 4.78 is 5.68. The molecule has 0 spiro atoms. The molecule has 1 aromatic carbocycles. The molecule has 3 rings (SSSR count). The maximum atomic E-state index is 12.0. The molecule has 2 heterocycles. The molecule has 1 atom stereocenters. The first-order chi connectivity index (χ1) is 7.88. The van der Waals surface area contributed by atoms with Gasteiger partial charge in [0.25, 0.3) is 5.91 Å². The summed E-state index contributed by atoms with van der Waals surface area (Å²) in [6, 6.07) is 7.51. The summed E-state index contributed by atoms with van der Waals surface area (Å²) in [5.41, 5.74) is 1.60. The van der Waals surface area contributed by atoms with Crippen LogP contribution in [0.3, 0.4) is 0 Å². The van der Waals surface area contributed by atoms with Gasteiger partial charge < -0.3 is 4.74 Å². The minimum atomic E-state index is -0.357. The maximum Gasteiger partial charge on any atom is 0.280 e. The number of rotatable bonds is 0. The van der Waals surface area contributed by atoms with Gasteiger partial charge in [-0.15, -0.1) is 0 Å². The molecule has 0 bridgehead atoms. The zero-order chi connectivity index (χ0) is 11.0. The molecule has 0 N–H and O–H groups in total. The Labute approximate surface area is 93.7 Å². The molecule has 16 heavy (non-hydrogen) atoms. The van der Waals surface area contributed by atoms with Crippen LogP contribution in [0.2, 0.25) is 0 Å². The van der Waals surface area contributed by atoms with E-state index in [1.807, 2.05) is 24.3 Å². The molecule has 2 aliphatic heterocycles. The minimum Gasteiger partial charge on any atom is -0.352 e. The van der Waals surface area contributed by atoms with E-state index in [1.54, 1.807) is 0 Å². The van der Waals surface area contributed by atoms with Gasteiger partial charge in [0.05, 0.1) is 6.61 Å². The van der Waals surface area contributed by atoms with Gasteiger partial charge in [0, 0.05) is 17.7 Å². The van der Waals surface area contributed by atoms with Crippen LogP contribution in [0.25, 0.3) is 0 Å². The predicted molar refractivity (Wildman–Crippen MR) is 56.5 cm³/mol. The Hall–Kier alpha value is -1.39. The average molecular weight is 219 g/mol. The maximum absolute atomic E-state index is 12.0. The Morgan fingerprint density at radius 1 is 1.19 bits per heavy atom. The number of hydrogen-bond donors (Lipinski definition) is 0. The molecular formula is C12H13NO3. The third-order valence-corrected chi connectivity index (χ3v) is 2.92. The topological polar surface area (TPSA) is 38.8 Å². The molecule has 1 fully saturated rings. The zero-order valence-electron chi connectivity index (χ0n) is 8.89. The highest BCUT2D eigenvalue weighted by Crippen LogP contribution is 2.35. The quantitative estimate of drug-likeness (QED) is 0.668. The van der Waals surface area contributed by atoms with Gasteiger partial charge >= 0.3 is 0 Å². The van der Waals surface area contributed by atoms with Crippen LogP contribution < -0.4 is 0 Å². The minimum absolute atomic E-state index is 0.0949. The number of hydroxylamine groups is 2. The highest BCUT2D eigenvalue weighted by atomic mass is 16.7. The summed E-state index contributed by atoms with van der Waals surface area (Å²) in [4.78, 5) is 17.5. The summed E-state index contributed by atoms with van der Waals surface area (Å²) in [5.74, 6) is -0.0949. The van der Waals surface area contributed by atoms with Crippen molar-refractivity contribution < 1.29 is 14.4 Å². The molecular weight excluding hydrogens is 206 g/mol. The molecule has 0 radical (unpaired) electrons. The van der Waals surface area contributed by atoms with E-state index in [1.165, 1.54) is 5.06 Å². The lowest BCUT2D eigenvalue weighted by Crippen LogP contribution is -2.32. The number of ether oxygens (including phenoxy) is 1.